The molecular formula is C16H18N2O5S3. The van der Waals surface area contributed by atoms with Crippen LogP contribution in [-0.2, 0) is 24.7 Å². The minimum atomic E-state index is -3.84. The van der Waals surface area contributed by atoms with Crippen LogP contribution in [0, 0.1) is 0 Å². The molecule has 140 valence electrons. The first-order valence-electron chi connectivity index (χ1n) is 7.39. The summed E-state index contributed by atoms with van der Waals surface area (Å²) in [5, 5.41) is 4.09. The molecule has 1 aromatic heterocycles. The maximum absolute atomic E-state index is 12.6. The van der Waals surface area contributed by atoms with Crippen LogP contribution in [0.15, 0.2) is 63.5 Å². The van der Waals surface area contributed by atoms with Crippen LogP contribution in [0.1, 0.15) is 0 Å². The van der Waals surface area contributed by atoms with Gasteiger partial charge >= 0.3 is 0 Å². The molecule has 0 saturated heterocycles. The molecule has 0 spiro atoms. The highest BCUT2D eigenvalue weighted by Gasteiger charge is 2.27. The van der Waals surface area contributed by atoms with E-state index in [0.717, 1.165) is 21.9 Å². The lowest BCUT2D eigenvalue weighted by Gasteiger charge is -2.19. The number of carbonyl (C=O) groups is 1. The Kier molecular flexibility index (Phi) is 6.34. The molecule has 0 fully saturated rings. The largest absolute Gasteiger partial charge is 0.324 e. The predicted molar refractivity (Wildman–Crippen MR) is 101 cm³/mol. The fraction of sp³-hybridized carbons (Fsp3) is 0.188. The van der Waals surface area contributed by atoms with Gasteiger partial charge in [-0.2, -0.15) is 4.31 Å². The van der Waals surface area contributed by atoms with Gasteiger partial charge in [0.1, 0.15) is 4.21 Å². The summed E-state index contributed by atoms with van der Waals surface area (Å²) in [4.78, 5) is 12.3. The van der Waals surface area contributed by atoms with Gasteiger partial charge in [0.2, 0.25) is 5.91 Å². The maximum atomic E-state index is 12.6. The summed E-state index contributed by atoms with van der Waals surface area (Å²) >= 11 is 1.05. The lowest BCUT2D eigenvalue weighted by atomic mass is 10.3. The molecule has 0 unspecified atom stereocenters. The van der Waals surface area contributed by atoms with Crippen LogP contribution >= 0.6 is 11.3 Å². The molecule has 0 saturated carbocycles. The van der Waals surface area contributed by atoms with Crippen molar-refractivity contribution in [3.63, 3.8) is 0 Å². The molecule has 2 aromatic rings. The molecule has 0 aliphatic heterocycles. The number of rotatable bonds is 8. The summed E-state index contributed by atoms with van der Waals surface area (Å²) in [5.74, 6) is -0.650. The number of nitrogens with zero attached hydrogens (tertiary/aromatic N) is 1. The molecule has 0 aliphatic carbocycles. The third-order valence-corrected chi connectivity index (χ3v) is 7.64. The highest BCUT2D eigenvalue weighted by Crippen LogP contribution is 2.22. The third kappa shape index (κ3) is 4.79. The molecule has 1 heterocycles. The molecule has 10 heteroatoms. The number of anilines is 1. The average molecular weight is 415 g/mol. The van der Waals surface area contributed by atoms with Crippen LogP contribution in [0.2, 0.25) is 0 Å². The highest BCUT2D eigenvalue weighted by atomic mass is 32.2. The van der Waals surface area contributed by atoms with Crippen LogP contribution in [0.5, 0.6) is 0 Å². The summed E-state index contributed by atoms with van der Waals surface area (Å²) in [6, 6.07) is 8.99. The number of para-hydroxylation sites is 1. The second-order valence-corrected chi connectivity index (χ2v) is 10.4. The number of thiophene rings is 1. The van der Waals surface area contributed by atoms with Gasteiger partial charge in [-0.15, -0.1) is 17.9 Å². The molecule has 1 amide bonds. The van der Waals surface area contributed by atoms with Crippen molar-refractivity contribution in [2.24, 2.45) is 0 Å². The maximum Gasteiger partial charge on any atom is 0.253 e. The molecule has 0 radical (unpaired) electrons. The number of carbonyl (C=O) groups excluding carboxylic acids is 1. The summed E-state index contributed by atoms with van der Waals surface area (Å²) in [7, 11) is -7.39. The van der Waals surface area contributed by atoms with Crippen molar-refractivity contribution < 1.29 is 21.6 Å². The van der Waals surface area contributed by atoms with Crippen molar-refractivity contribution >= 4 is 42.8 Å². The van der Waals surface area contributed by atoms with Crippen LogP contribution in [0.4, 0.5) is 5.69 Å². The molecule has 1 aromatic carbocycles. The smallest absolute Gasteiger partial charge is 0.253 e. The highest BCUT2D eigenvalue weighted by molar-refractivity contribution is 7.91. The number of amides is 1. The van der Waals surface area contributed by atoms with Gasteiger partial charge in [-0.05, 0) is 23.6 Å². The minimum Gasteiger partial charge on any atom is -0.324 e. The van der Waals surface area contributed by atoms with Crippen LogP contribution in [-0.4, -0.2) is 46.4 Å². The lowest BCUT2D eigenvalue weighted by Crippen LogP contribution is -2.38. The van der Waals surface area contributed by atoms with E-state index in [1.165, 1.54) is 30.3 Å². The number of hydrogen-bond donors (Lipinski definition) is 1. The zero-order valence-electron chi connectivity index (χ0n) is 14.0. The summed E-state index contributed by atoms with van der Waals surface area (Å²) in [6.07, 6.45) is 2.41. The fourth-order valence-electron chi connectivity index (χ4n) is 2.17. The molecule has 7 nitrogen and oxygen atoms in total. The SMILES string of the molecule is C=CCN(CC(=O)Nc1ccccc1S(C)(=O)=O)S(=O)(=O)c1cccs1. The van der Waals surface area contributed by atoms with E-state index in [-0.39, 0.29) is 21.3 Å². The van der Waals surface area contributed by atoms with E-state index < -0.39 is 32.3 Å². The van der Waals surface area contributed by atoms with Gasteiger partial charge in [0.15, 0.2) is 9.84 Å². The second-order valence-electron chi connectivity index (χ2n) is 5.33. The Morgan fingerprint density at radius 3 is 2.46 bits per heavy atom. The van der Waals surface area contributed by atoms with E-state index >= 15 is 0 Å². The van der Waals surface area contributed by atoms with E-state index in [0.29, 0.717) is 0 Å². The van der Waals surface area contributed by atoms with Crippen molar-refractivity contribution in [2.45, 2.75) is 9.10 Å². The Bertz CT molecular complexity index is 996. The molecular weight excluding hydrogens is 396 g/mol. The third-order valence-electron chi connectivity index (χ3n) is 3.30. The zero-order chi connectivity index (χ0) is 19.4. The van der Waals surface area contributed by atoms with Gasteiger partial charge in [-0.1, -0.05) is 24.3 Å². The Morgan fingerprint density at radius 2 is 1.88 bits per heavy atom. The van der Waals surface area contributed by atoms with E-state index in [2.05, 4.69) is 11.9 Å². The van der Waals surface area contributed by atoms with Gasteiger partial charge < -0.3 is 5.32 Å². The zero-order valence-corrected chi connectivity index (χ0v) is 16.4. The van der Waals surface area contributed by atoms with Crippen LogP contribution in [0.25, 0.3) is 0 Å². The van der Waals surface area contributed by atoms with Crippen LogP contribution in [0.3, 0.4) is 0 Å². The number of sulfonamides is 1. The summed E-state index contributed by atoms with van der Waals surface area (Å²) in [5.41, 5.74) is 0.104. The second kappa shape index (κ2) is 8.12. The first kappa shape index (κ1) is 20.3. The van der Waals surface area contributed by atoms with Gasteiger partial charge in [-0.25, -0.2) is 16.8 Å². The van der Waals surface area contributed by atoms with Crippen LogP contribution < -0.4 is 5.32 Å². The summed E-state index contributed by atoms with van der Waals surface area (Å²) < 4.78 is 49.9. The lowest BCUT2D eigenvalue weighted by molar-refractivity contribution is -0.116. The van der Waals surface area contributed by atoms with E-state index in [9.17, 15) is 21.6 Å². The molecule has 0 atom stereocenters. The molecule has 0 bridgehead atoms. The van der Waals surface area contributed by atoms with Crippen molar-refractivity contribution in [3.8, 4) is 0 Å². The standard InChI is InChI=1S/C16H18N2O5S3/c1-3-10-18(26(22,23)16-9-6-11-24-16)12-15(19)17-13-7-4-5-8-14(13)25(2,20)21/h3-9,11H,1,10,12H2,2H3,(H,17,19). The van der Waals surface area contributed by atoms with Gasteiger partial charge in [0.25, 0.3) is 10.0 Å². The van der Waals surface area contributed by atoms with E-state index in [1.807, 2.05) is 0 Å². The van der Waals surface area contributed by atoms with Crippen molar-refractivity contribution in [2.75, 3.05) is 24.7 Å². The van der Waals surface area contributed by atoms with Gasteiger partial charge in [-0.3, -0.25) is 4.79 Å². The first-order chi connectivity index (χ1) is 12.2. The van der Waals surface area contributed by atoms with E-state index in [4.69, 9.17) is 0 Å². The fourth-order valence-corrected chi connectivity index (χ4v) is 5.53. The average Bonchev–Trinajstić information content (AvgIpc) is 3.09. The summed E-state index contributed by atoms with van der Waals surface area (Å²) in [6.45, 7) is 3.00. The van der Waals surface area contributed by atoms with E-state index in [1.54, 1.807) is 17.5 Å². The molecule has 26 heavy (non-hydrogen) atoms. The van der Waals surface area contributed by atoms with Gasteiger partial charge in [0, 0.05) is 12.8 Å². The number of benzene rings is 1. The number of nitrogens with one attached hydrogen (secondary N) is 1. The molecule has 2 rings (SSSR count). The van der Waals surface area contributed by atoms with Crippen molar-refractivity contribution in [1.29, 1.82) is 0 Å². The number of sulfone groups is 1. The van der Waals surface area contributed by atoms with Gasteiger partial charge in [0.05, 0.1) is 17.1 Å². The minimum absolute atomic E-state index is 0.0373. The first-order valence-corrected chi connectivity index (χ1v) is 11.6. The predicted octanol–water partition coefficient (Wildman–Crippen LogP) is 1.97. The normalized spacial score (nSPS) is 12.1. The topological polar surface area (TPSA) is 101 Å². The Balaban J connectivity index is 2.24. The molecule has 1 N–H and O–H groups in total. The van der Waals surface area contributed by atoms with Crippen molar-refractivity contribution in [1.82, 2.24) is 4.31 Å². The van der Waals surface area contributed by atoms with Crippen molar-refractivity contribution in [3.05, 3.63) is 54.4 Å². The molecule has 0 aliphatic rings. The number of hydrogen-bond acceptors (Lipinski definition) is 6. The Hall–Kier alpha value is -2.01. The monoisotopic (exact) mass is 414 g/mol. The Morgan fingerprint density at radius 1 is 1.19 bits per heavy atom. The quantitative estimate of drug-likeness (QED) is 0.666. The Labute approximate surface area is 156 Å².